The molecule has 1 aliphatic heterocycles. The van der Waals surface area contributed by atoms with Crippen LogP contribution in [0.2, 0.25) is 0 Å². The van der Waals surface area contributed by atoms with Gasteiger partial charge in [0.05, 0.1) is 11.7 Å². The van der Waals surface area contributed by atoms with Crippen molar-refractivity contribution in [1.29, 1.82) is 0 Å². The minimum atomic E-state index is -0.0205. The molecule has 1 heterocycles. The second-order valence-corrected chi connectivity index (χ2v) is 6.33. The summed E-state index contributed by atoms with van der Waals surface area (Å²) in [6.45, 7) is 10.8. The molecule has 0 aromatic carbocycles. The summed E-state index contributed by atoms with van der Waals surface area (Å²) in [5.74, 6) is 0.671. The smallest absolute Gasteiger partial charge is 0.0623 e. The van der Waals surface area contributed by atoms with Crippen molar-refractivity contribution in [1.82, 2.24) is 5.32 Å². The van der Waals surface area contributed by atoms with Gasteiger partial charge < -0.3 is 14.8 Å². The van der Waals surface area contributed by atoms with Crippen molar-refractivity contribution in [2.24, 2.45) is 5.92 Å². The fraction of sp³-hybridized carbons (Fsp3) is 1.00. The number of methoxy groups -OCH3 is 1. The predicted molar refractivity (Wildman–Crippen MR) is 80.5 cm³/mol. The van der Waals surface area contributed by atoms with Gasteiger partial charge in [-0.15, -0.1) is 0 Å². The fourth-order valence-corrected chi connectivity index (χ4v) is 2.95. The monoisotopic (exact) mass is 271 g/mol. The van der Waals surface area contributed by atoms with Crippen molar-refractivity contribution in [2.45, 2.75) is 77.5 Å². The number of hydrogen-bond donors (Lipinski definition) is 1. The summed E-state index contributed by atoms with van der Waals surface area (Å²) in [6, 6.07) is 0.571. The maximum atomic E-state index is 5.86. The van der Waals surface area contributed by atoms with Gasteiger partial charge in [-0.25, -0.2) is 0 Å². The molecule has 0 saturated carbocycles. The Balaban J connectivity index is 2.55. The molecule has 0 aromatic rings. The van der Waals surface area contributed by atoms with Gasteiger partial charge in [0.2, 0.25) is 0 Å². The van der Waals surface area contributed by atoms with E-state index in [0.717, 1.165) is 26.0 Å². The van der Waals surface area contributed by atoms with Gasteiger partial charge in [-0.1, -0.05) is 13.8 Å². The summed E-state index contributed by atoms with van der Waals surface area (Å²) in [7, 11) is 1.81. The molecule has 1 N–H and O–H groups in total. The van der Waals surface area contributed by atoms with Crippen LogP contribution in [0.5, 0.6) is 0 Å². The van der Waals surface area contributed by atoms with Gasteiger partial charge in [0.15, 0.2) is 0 Å². The van der Waals surface area contributed by atoms with Gasteiger partial charge in [0.1, 0.15) is 0 Å². The first-order valence-electron chi connectivity index (χ1n) is 7.94. The number of hydrogen-bond acceptors (Lipinski definition) is 3. The SMILES string of the molecule is CCCNC(CCC(C)(C)OC)C1CCOC1CC. The Hall–Kier alpha value is -0.120. The van der Waals surface area contributed by atoms with E-state index in [1.807, 2.05) is 7.11 Å². The minimum absolute atomic E-state index is 0.0205. The summed E-state index contributed by atoms with van der Waals surface area (Å²) in [5.41, 5.74) is -0.0205. The molecule has 3 heteroatoms. The zero-order valence-electron chi connectivity index (χ0n) is 13.5. The molecular formula is C16H33NO2. The van der Waals surface area contributed by atoms with Gasteiger partial charge in [-0.05, 0) is 52.5 Å². The lowest BCUT2D eigenvalue weighted by Gasteiger charge is -2.31. The van der Waals surface area contributed by atoms with Crippen molar-refractivity contribution < 1.29 is 9.47 Å². The Labute approximate surface area is 119 Å². The Morgan fingerprint density at radius 2 is 2.11 bits per heavy atom. The molecular weight excluding hydrogens is 238 g/mol. The van der Waals surface area contributed by atoms with E-state index in [2.05, 4.69) is 33.0 Å². The van der Waals surface area contributed by atoms with E-state index in [9.17, 15) is 0 Å². The molecule has 1 fully saturated rings. The molecule has 114 valence electrons. The van der Waals surface area contributed by atoms with E-state index in [1.54, 1.807) is 0 Å². The van der Waals surface area contributed by atoms with Crippen LogP contribution in [0, 0.1) is 5.92 Å². The molecule has 0 spiro atoms. The molecule has 3 unspecified atom stereocenters. The van der Waals surface area contributed by atoms with Crippen molar-refractivity contribution >= 4 is 0 Å². The average molecular weight is 271 g/mol. The highest BCUT2D eigenvalue weighted by Gasteiger charge is 2.34. The third kappa shape index (κ3) is 5.41. The second kappa shape index (κ2) is 8.23. The van der Waals surface area contributed by atoms with Crippen molar-refractivity contribution in [3.05, 3.63) is 0 Å². The first kappa shape index (κ1) is 16.9. The van der Waals surface area contributed by atoms with Crippen LogP contribution >= 0.6 is 0 Å². The molecule has 3 nitrogen and oxygen atoms in total. The third-order valence-electron chi connectivity index (χ3n) is 4.45. The molecule has 0 radical (unpaired) electrons. The molecule has 3 atom stereocenters. The average Bonchev–Trinajstić information content (AvgIpc) is 2.87. The van der Waals surface area contributed by atoms with Crippen LogP contribution in [0.4, 0.5) is 0 Å². The molecule has 0 aromatic heterocycles. The Kier molecular flexibility index (Phi) is 7.33. The van der Waals surface area contributed by atoms with E-state index < -0.39 is 0 Å². The number of rotatable bonds is 9. The van der Waals surface area contributed by atoms with Gasteiger partial charge in [0, 0.05) is 25.7 Å². The lowest BCUT2D eigenvalue weighted by atomic mass is 9.86. The van der Waals surface area contributed by atoms with Crippen LogP contribution in [0.15, 0.2) is 0 Å². The van der Waals surface area contributed by atoms with E-state index in [4.69, 9.17) is 9.47 Å². The lowest BCUT2D eigenvalue weighted by molar-refractivity contribution is 0.00773. The molecule has 19 heavy (non-hydrogen) atoms. The Bertz CT molecular complexity index is 243. The first-order valence-corrected chi connectivity index (χ1v) is 7.94. The maximum absolute atomic E-state index is 5.86. The van der Waals surface area contributed by atoms with Gasteiger partial charge in [-0.2, -0.15) is 0 Å². The molecule has 1 aliphatic rings. The molecule has 0 aliphatic carbocycles. The summed E-state index contributed by atoms with van der Waals surface area (Å²) in [5, 5.41) is 3.74. The van der Waals surface area contributed by atoms with E-state index in [1.165, 1.54) is 19.3 Å². The summed E-state index contributed by atoms with van der Waals surface area (Å²) in [6.07, 6.45) is 6.23. The molecule has 0 amide bonds. The topological polar surface area (TPSA) is 30.5 Å². The van der Waals surface area contributed by atoms with Crippen LogP contribution in [0.1, 0.15) is 59.8 Å². The quantitative estimate of drug-likeness (QED) is 0.697. The zero-order chi connectivity index (χ0) is 14.3. The van der Waals surface area contributed by atoms with Gasteiger partial charge >= 0.3 is 0 Å². The van der Waals surface area contributed by atoms with Crippen LogP contribution in [-0.4, -0.2) is 38.0 Å². The van der Waals surface area contributed by atoms with Crippen molar-refractivity contribution in [3.63, 3.8) is 0 Å². The second-order valence-electron chi connectivity index (χ2n) is 6.33. The largest absolute Gasteiger partial charge is 0.379 e. The summed E-state index contributed by atoms with van der Waals surface area (Å²) >= 11 is 0. The highest BCUT2D eigenvalue weighted by atomic mass is 16.5. The highest BCUT2D eigenvalue weighted by Crippen LogP contribution is 2.30. The molecule has 1 saturated heterocycles. The summed E-state index contributed by atoms with van der Waals surface area (Å²) in [4.78, 5) is 0. The van der Waals surface area contributed by atoms with Crippen LogP contribution in [-0.2, 0) is 9.47 Å². The van der Waals surface area contributed by atoms with Crippen LogP contribution < -0.4 is 5.32 Å². The zero-order valence-corrected chi connectivity index (χ0v) is 13.5. The third-order valence-corrected chi connectivity index (χ3v) is 4.45. The van der Waals surface area contributed by atoms with E-state index in [-0.39, 0.29) is 5.60 Å². The Morgan fingerprint density at radius 3 is 2.68 bits per heavy atom. The van der Waals surface area contributed by atoms with Crippen LogP contribution in [0.25, 0.3) is 0 Å². The normalized spacial score (nSPS) is 25.7. The summed E-state index contributed by atoms with van der Waals surface area (Å²) < 4.78 is 11.4. The van der Waals surface area contributed by atoms with Crippen molar-refractivity contribution in [2.75, 3.05) is 20.3 Å². The standard InChI is InChI=1S/C16H33NO2/c1-6-11-17-14(8-10-16(3,4)18-5)13-9-12-19-15(13)7-2/h13-15,17H,6-12H2,1-5H3. The first-order chi connectivity index (χ1) is 9.04. The highest BCUT2D eigenvalue weighted by molar-refractivity contribution is 4.87. The van der Waals surface area contributed by atoms with Gasteiger partial charge in [-0.3, -0.25) is 0 Å². The van der Waals surface area contributed by atoms with Crippen LogP contribution in [0.3, 0.4) is 0 Å². The fourth-order valence-electron chi connectivity index (χ4n) is 2.95. The van der Waals surface area contributed by atoms with Crippen molar-refractivity contribution in [3.8, 4) is 0 Å². The van der Waals surface area contributed by atoms with Gasteiger partial charge in [0.25, 0.3) is 0 Å². The van der Waals surface area contributed by atoms with E-state index in [0.29, 0.717) is 18.1 Å². The lowest BCUT2D eigenvalue weighted by Crippen LogP contribution is -2.41. The Morgan fingerprint density at radius 1 is 1.37 bits per heavy atom. The number of nitrogens with one attached hydrogen (secondary N) is 1. The maximum Gasteiger partial charge on any atom is 0.0623 e. The predicted octanol–water partition coefficient (Wildman–Crippen LogP) is 3.37. The minimum Gasteiger partial charge on any atom is -0.379 e. The number of ether oxygens (including phenoxy) is 2. The van der Waals surface area contributed by atoms with E-state index >= 15 is 0 Å². The molecule has 1 rings (SSSR count). The molecule has 0 bridgehead atoms.